The third-order valence-corrected chi connectivity index (χ3v) is 3.42. The van der Waals surface area contributed by atoms with Crippen molar-refractivity contribution in [1.29, 1.82) is 0 Å². The molecule has 0 spiro atoms. The molecule has 1 atom stereocenters. The number of imidazole rings is 1. The number of nitrogens with zero attached hydrogens (tertiary/aromatic N) is 2. The second-order valence-corrected chi connectivity index (χ2v) is 5.34. The van der Waals surface area contributed by atoms with E-state index in [-0.39, 0.29) is 12.6 Å². The Morgan fingerprint density at radius 1 is 1.25 bits per heavy atom. The summed E-state index contributed by atoms with van der Waals surface area (Å²) >= 11 is 0. The summed E-state index contributed by atoms with van der Waals surface area (Å²) in [7, 11) is 0. The van der Waals surface area contributed by atoms with Crippen molar-refractivity contribution in [2.45, 2.75) is 38.9 Å². The van der Waals surface area contributed by atoms with Crippen molar-refractivity contribution in [3.05, 3.63) is 54.1 Å². The molecule has 0 saturated heterocycles. The number of aromatic nitrogens is 2. The minimum Gasteiger partial charge on any atom is -0.395 e. The maximum Gasteiger partial charge on any atom is 0.0951 e. The minimum atomic E-state index is 0.0629. The second-order valence-electron chi connectivity index (χ2n) is 5.34. The van der Waals surface area contributed by atoms with Crippen LogP contribution in [-0.2, 0) is 13.0 Å². The Balaban J connectivity index is 1.92. The van der Waals surface area contributed by atoms with Gasteiger partial charge in [0.05, 0.1) is 18.6 Å². The zero-order chi connectivity index (χ0) is 14.4. The quantitative estimate of drug-likeness (QED) is 0.813. The second kappa shape index (κ2) is 7.22. The van der Waals surface area contributed by atoms with Crippen molar-refractivity contribution in [3.8, 4) is 0 Å². The molecule has 0 aliphatic rings. The van der Waals surface area contributed by atoms with Crippen molar-refractivity contribution >= 4 is 0 Å². The van der Waals surface area contributed by atoms with Gasteiger partial charge in [0.1, 0.15) is 0 Å². The summed E-state index contributed by atoms with van der Waals surface area (Å²) in [5.74, 6) is 0. The SMILES string of the molecule is CC(C)n1cncc1CN[C@@H](CO)Cc1ccccc1. The third kappa shape index (κ3) is 3.92. The molecule has 2 aromatic rings. The Kier molecular flexibility index (Phi) is 5.32. The molecular weight excluding hydrogens is 250 g/mol. The Morgan fingerprint density at radius 3 is 2.65 bits per heavy atom. The lowest BCUT2D eigenvalue weighted by Gasteiger charge is -2.18. The van der Waals surface area contributed by atoms with Gasteiger partial charge < -0.3 is 15.0 Å². The molecule has 108 valence electrons. The maximum absolute atomic E-state index is 9.51. The summed E-state index contributed by atoms with van der Waals surface area (Å²) in [6, 6.07) is 10.7. The van der Waals surface area contributed by atoms with E-state index < -0.39 is 0 Å². The monoisotopic (exact) mass is 273 g/mol. The van der Waals surface area contributed by atoms with E-state index in [0.29, 0.717) is 6.04 Å². The van der Waals surface area contributed by atoms with Gasteiger partial charge in [-0.1, -0.05) is 30.3 Å². The fourth-order valence-corrected chi connectivity index (χ4v) is 2.28. The number of aliphatic hydroxyl groups excluding tert-OH is 1. The van der Waals surface area contributed by atoms with Crippen LogP contribution in [0.5, 0.6) is 0 Å². The lowest BCUT2D eigenvalue weighted by atomic mass is 10.1. The van der Waals surface area contributed by atoms with E-state index in [1.54, 1.807) is 0 Å². The van der Waals surface area contributed by atoms with Crippen molar-refractivity contribution in [2.75, 3.05) is 6.61 Å². The lowest BCUT2D eigenvalue weighted by Crippen LogP contribution is -2.34. The molecule has 0 amide bonds. The van der Waals surface area contributed by atoms with Gasteiger partial charge in [-0.2, -0.15) is 0 Å². The summed E-state index contributed by atoms with van der Waals surface area (Å²) in [6.07, 6.45) is 4.56. The Hall–Kier alpha value is -1.65. The molecular formula is C16H23N3O. The largest absolute Gasteiger partial charge is 0.395 e. The molecule has 4 heteroatoms. The van der Waals surface area contributed by atoms with Crippen LogP contribution in [0.25, 0.3) is 0 Å². The van der Waals surface area contributed by atoms with Gasteiger partial charge in [0, 0.05) is 24.8 Å². The van der Waals surface area contributed by atoms with E-state index in [1.165, 1.54) is 5.56 Å². The predicted octanol–water partition coefficient (Wildman–Crippen LogP) is 2.16. The molecule has 2 N–H and O–H groups in total. The van der Waals surface area contributed by atoms with Crippen LogP contribution in [0, 0.1) is 0 Å². The summed E-state index contributed by atoms with van der Waals surface area (Å²) < 4.78 is 2.14. The highest BCUT2D eigenvalue weighted by atomic mass is 16.3. The fourth-order valence-electron chi connectivity index (χ4n) is 2.28. The third-order valence-electron chi connectivity index (χ3n) is 3.42. The molecule has 0 saturated carbocycles. The van der Waals surface area contributed by atoms with Gasteiger partial charge in [-0.05, 0) is 25.8 Å². The van der Waals surface area contributed by atoms with Crippen LogP contribution in [0.1, 0.15) is 31.1 Å². The molecule has 0 fully saturated rings. The summed E-state index contributed by atoms with van der Waals surface area (Å²) in [6.45, 7) is 5.12. The summed E-state index contributed by atoms with van der Waals surface area (Å²) in [5, 5.41) is 12.9. The zero-order valence-corrected chi connectivity index (χ0v) is 12.2. The highest BCUT2D eigenvalue weighted by molar-refractivity contribution is 5.16. The van der Waals surface area contributed by atoms with Crippen molar-refractivity contribution in [2.24, 2.45) is 0 Å². The van der Waals surface area contributed by atoms with Gasteiger partial charge in [-0.15, -0.1) is 0 Å². The first-order valence-corrected chi connectivity index (χ1v) is 7.09. The number of rotatable bonds is 7. The van der Waals surface area contributed by atoms with Crippen molar-refractivity contribution < 1.29 is 5.11 Å². The Morgan fingerprint density at radius 2 is 2.00 bits per heavy atom. The van der Waals surface area contributed by atoms with Crippen molar-refractivity contribution in [3.63, 3.8) is 0 Å². The number of benzene rings is 1. The van der Waals surface area contributed by atoms with Gasteiger partial charge in [0.15, 0.2) is 0 Å². The summed E-state index contributed by atoms with van der Waals surface area (Å²) in [5.41, 5.74) is 2.38. The van der Waals surface area contributed by atoms with E-state index in [4.69, 9.17) is 0 Å². The number of hydrogen-bond donors (Lipinski definition) is 2. The van der Waals surface area contributed by atoms with Crippen LogP contribution in [0.3, 0.4) is 0 Å². The summed E-state index contributed by atoms with van der Waals surface area (Å²) in [4.78, 5) is 4.19. The smallest absolute Gasteiger partial charge is 0.0951 e. The Labute approximate surface area is 120 Å². The van der Waals surface area contributed by atoms with E-state index in [1.807, 2.05) is 30.7 Å². The molecule has 2 rings (SSSR count). The highest BCUT2D eigenvalue weighted by Crippen LogP contribution is 2.09. The topological polar surface area (TPSA) is 50.1 Å². The highest BCUT2D eigenvalue weighted by Gasteiger charge is 2.10. The standard InChI is InChI=1S/C16H23N3O/c1-13(2)19-12-17-9-16(19)10-18-15(11-20)8-14-6-4-3-5-7-14/h3-7,9,12-13,15,18,20H,8,10-11H2,1-2H3/t15-/m1/s1. The van der Waals surface area contributed by atoms with Gasteiger partial charge >= 0.3 is 0 Å². The molecule has 1 aromatic carbocycles. The van der Waals surface area contributed by atoms with Crippen LogP contribution >= 0.6 is 0 Å². The van der Waals surface area contributed by atoms with Crippen LogP contribution in [0.4, 0.5) is 0 Å². The van der Waals surface area contributed by atoms with Crippen LogP contribution in [0.2, 0.25) is 0 Å². The van der Waals surface area contributed by atoms with Gasteiger partial charge in [-0.3, -0.25) is 0 Å². The maximum atomic E-state index is 9.51. The van der Waals surface area contributed by atoms with Crippen LogP contribution in [0.15, 0.2) is 42.9 Å². The molecule has 0 radical (unpaired) electrons. The normalized spacial score (nSPS) is 12.8. The van der Waals surface area contributed by atoms with Gasteiger partial charge in [-0.25, -0.2) is 4.98 Å². The van der Waals surface area contributed by atoms with Crippen LogP contribution in [-0.4, -0.2) is 27.3 Å². The molecule has 4 nitrogen and oxygen atoms in total. The first-order chi connectivity index (χ1) is 9.70. The number of aliphatic hydroxyl groups is 1. The lowest BCUT2D eigenvalue weighted by molar-refractivity contribution is 0.240. The first kappa shape index (κ1) is 14.8. The average Bonchev–Trinajstić information content (AvgIpc) is 2.93. The fraction of sp³-hybridized carbons (Fsp3) is 0.438. The predicted molar refractivity (Wildman–Crippen MR) is 80.5 cm³/mol. The zero-order valence-electron chi connectivity index (χ0n) is 12.2. The molecule has 20 heavy (non-hydrogen) atoms. The first-order valence-electron chi connectivity index (χ1n) is 7.09. The van der Waals surface area contributed by atoms with Gasteiger partial charge in [0.2, 0.25) is 0 Å². The minimum absolute atomic E-state index is 0.0629. The molecule has 0 aliphatic heterocycles. The van der Waals surface area contributed by atoms with E-state index in [9.17, 15) is 5.11 Å². The van der Waals surface area contributed by atoms with Crippen molar-refractivity contribution in [1.82, 2.24) is 14.9 Å². The van der Waals surface area contributed by atoms with Gasteiger partial charge in [0.25, 0.3) is 0 Å². The van der Waals surface area contributed by atoms with Crippen LogP contribution < -0.4 is 5.32 Å². The number of nitrogens with one attached hydrogen (secondary N) is 1. The molecule has 0 aliphatic carbocycles. The number of hydrogen-bond acceptors (Lipinski definition) is 3. The molecule has 1 aromatic heterocycles. The molecule has 0 unspecified atom stereocenters. The van der Waals surface area contributed by atoms with E-state index >= 15 is 0 Å². The Bertz CT molecular complexity index is 507. The van der Waals surface area contributed by atoms with E-state index in [2.05, 4.69) is 40.8 Å². The molecule has 1 heterocycles. The molecule has 0 bridgehead atoms. The van der Waals surface area contributed by atoms with E-state index in [0.717, 1.165) is 18.7 Å². The average molecular weight is 273 g/mol.